The summed E-state index contributed by atoms with van der Waals surface area (Å²) in [5.74, 6) is -0.210. The average Bonchev–Trinajstić information content (AvgIpc) is 2.40. The molecule has 2 rings (SSSR count). The van der Waals surface area contributed by atoms with E-state index in [2.05, 4.69) is 0 Å². The normalized spacial score (nSPS) is 11.0. The molecule has 0 spiro atoms. The summed E-state index contributed by atoms with van der Waals surface area (Å²) in [6, 6.07) is 9.85. The van der Waals surface area contributed by atoms with E-state index in [-0.39, 0.29) is 5.78 Å². The zero-order valence-corrected chi connectivity index (χ0v) is 13.1. The van der Waals surface area contributed by atoms with Crippen LogP contribution in [0.2, 0.25) is 20.1 Å². The van der Waals surface area contributed by atoms with E-state index in [1.807, 2.05) is 0 Å². The van der Waals surface area contributed by atoms with Crippen LogP contribution in [0, 0.1) is 0 Å². The molecule has 0 radical (unpaired) electrons. The van der Waals surface area contributed by atoms with Crippen molar-refractivity contribution in [1.29, 1.82) is 0 Å². The van der Waals surface area contributed by atoms with Gasteiger partial charge in [0.2, 0.25) is 0 Å². The molecular formula is C15H8Cl4O. The van der Waals surface area contributed by atoms with Gasteiger partial charge < -0.3 is 0 Å². The lowest BCUT2D eigenvalue weighted by molar-refractivity contribution is 0.104. The number of rotatable bonds is 3. The SMILES string of the molecule is O=C(/C=C\c1ccc(Cl)c(Cl)c1)c1ccc(Cl)cc1Cl. The van der Waals surface area contributed by atoms with E-state index in [0.717, 1.165) is 5.56 Å². The van der Waals surface area contributed by atoms with Gasteiger partial charge in [-0.25, -0.2) is 0 Å². The second kappa shape index (κ2) is 6.64. The van der Waals surface area contributed by atoms with Gasteiger partial charge in [0.1, 0.15) is 0 Å². The Morgan fingerprint density at radius 2 is 1.60 bits per heavy atom. The Morgan fingerprint density at radius 3 is 2.25 bits per heavy atom. The molecule has 0 fully saturated rings. The number of carbonyl (C=O) groups is 1. The number of carbonyl (C=O) groups excluding carboxylic acids is 1. The highest BCUT2D eigenvalue weighted by molar-refractivity contribution is 6.42. The Labute approximate surface area is 136 Å². The van der Waals surface area contributed by atoms with Crippen molar-refractivity contribution in [2.24, 2.45) is 0 Å². The first-order chi connectivity index (χ1) is 9.47. The van der Waals surface area contributed by atoms with Crippen molar-refractivity contribution in [3.05, 3.63) is 73.7 Å². The lowest BCUT2D eigenvalue weighted by Gasteiger charge is -2.01. The van der Waals surface area contributed by atoms with Crippen molar-refractivity contribution in [3.63, 3.8) is 0 Å². The molecule has 0 atom stereocenters. The number of benzene rings is 2. The molecule has 0 bridgehead atoms. The fourth-order valence-electron chi connectivity index (χ4n) is 1.57. The fraction of sp³-hybridized carbons (Fsp3) is 0. The van der Waals surface area contributed by atoms with Gasteiger partial charge in [0.05, 0.1) is 15.1 Å². The van der Waals surface area contributed by atoms with E-state index < -0.39 is 0 Å². The van der Waals surface area contributed by atoms with Gasteiger partial charge in [-0.1, -0.05) is 58.5 Å². The van der Waals surface area contributed by atoms with Crippen LogP contribution in [0.1, 0.15) is 15.9 Å². The van der Waals surface area contributed by atoms with Crippen LogP contribution in [0.5, 0.6) is 0 Å². The molecule has 5 heteroatoms. The summed E-state index contributed by atoms with van der Waals surface area (Å²) in [5, 5.41) is 1.71. The number of ketones is 1. The molecule has 0 saturated carbocycles. The van der Waals surface area contributed by atoms with Gasteiger partial charge in [0.15, 0.2) is 5.78 Å². The van der Waals surface area contributed by atoms with Crippen molar-refractivity contribution < 1.29 is 4.79 Å². The summed E-state index contributed by atoms with van der Waals surface area (Å²) >= 11 is 23.5. The third-order valence-corrected chi connectivity index (χ3v) is 3.85. The van der Waals surface area contributed by atoms with Crippen LogP contribution < -0.4 is 0 Å². The summed E-state index contributed by atoms with van der Waals surface area (Å²) in [5.41, 5.74) is 1.17. The Bertz CT molecular complexity index is 692. The third kappa shape index (κ3) is 3.77. The predicted molar refractivity (Wildman–Crippen MR) is 86.3 cm³/mol. The molecular weight excluding hydrogens is 338 g/mol. The average molecular weight is 346 g/mol. The molecule has 0 N–H and O–H groups in total. The van der Waals surface area contributed by atoms with E-state index in [1.54, 1.807) is 36.4 Å². The summed E-state index contributed by atoms with van der Waals surface area (Å²) in [4.78, 5) is 12.0. The Hall–Kier alpha value is -0.990. The Kier molecular flexibility index (Phi) is 5.11. The molecule has 0 aliphatic carbocycles. The fourth-order valence-corrected chi connectivity index (χ4v) is 2.38. The van der Waals surface area contributed by atoms with Crippen LogP contribution in [-0.4, -0.2) is 5.78 Å². The first-order valence-electron chi connectivity index (χ1n) is 5.60. The van der Waals surface area contributed by atoms with Gasteiger partial charge in [0.25, 0.3) is 0 Å². The molecule has 0 aliphatic rings. The first kappa shape index (κ1) is 15.4. The topological polar surface area (TPSA) is 17.1 Å². The molecule has 2 aromatic carbocycles. The molecule has 0 aromatic heterocycles. The molecule has 1 nitrogen and oxygen atoms in total. The summed E-state index contributed by atoms with van der Waals surface area (Å²) in [6.45, 7) is 0. The van der Waals surface area contributed by atoms with E-state index in [1.165, 1.54) is 12.1 Å². The van der Waals surface area contributed by atoms with Gasteiger partial charge in [-0.2, -0.15) is 0 Å². The highest BCUT2D eigenvalue weighted by Crippen LogP contribution is 2.24. The standard InChI is InChI=1S/C15H8Cl4O/c16-10-3-4-11(13(18)8-10)15(20)6-2-9-1-5-12(17)14(19)7-9/h1-8H/b6-2-. The monoisotopic (exact) mass is 344 g/mol. The third-order valence-electron chi connectivity index (χ3n) is 2.57. The van der Waals surface area contributed by atoms with Crippen LogP contribution in [0.25, 0.3) is 6.08 Å². The molecule has 0 amide bonds. The molecule has 0 aliphatic heterocycles. The van der Waals surface area contributed by atoms with Gasteiger partial charge in [-0.3, -0.25) is 4.79 Å². The van der Waals surface area contributed by atoms with Gasteiger partial charge >= 0.3 is 0 Å². The van der Waals surface area contributed by atoms with Crippen molar-refractivity contribution in [2.75, 3.05) is 0 Å². The molecule has 102 valence electrons. The lowest BCUT2D eigenvalue weighted by atomic mass is 10.1. The van der Waals surface area contributed by atoms with Crippen LogP contribution >= 0.6 is 46.4 Å². The zero-order valence-electron chi connectivity index (χ0n) is 10.0. The summed E-state index contributed by atoms with van der Waals surface area (Å²) in [7, 11) is 0. The van der Waals surface area contributed by atoms with Crippen molar-refractivity contribution in [2.45, 2.75) is 0 Å². The highest BCUT2D eigenvalue weighted by Gasteiger charge is 2.07. The minimum Gasteiger partial charge on any atom is -0.289 e. The maximum atomic E-state index is 12.0. The van der Waals surface area contributed by atoms with Crippen molar-refractivity contribution in [3.8, 4) is 0 Å². The summed E-state index contributed by atoms with van der Waals surface area (Å²) in [6.07, 6.45) is 3.07. The minimum atomic E-state index is -0.210. The van der Waals surface area contributed by atoms with E-state index in [4.69, 9.17) is 46.4 Å². The van der Waals surface area contributed by atoms with Crippen LogP contribution in [0.4, 0.5) is 0 Å². The number of hydrogen-bond acceptors (Lipinski definition) is 1. The molecule has 20 heavy (non-hydrogen) atoms. The van der Waals surface area contributed by atoms with Crippen molar-refractivity contribution >= 4 is 58.3 Å². The molecule has 0 heterocycles. The van der Waals surface area contributed by atoms with E-state index in [9.17, 15) is 4.79 Å². The summed E-state index contributed by atoms with van der Waals surface area (Å²) < 4.78 is 0. The minimum absolute atomic E-state index is 0.210. The van der Waals surface area contributed by atoms with Crippen LogP contribution in [0.15, 0.2) is 42.5 Å². The lowest BCUT2D eigenvalue weighted by Crippen LogP contribution is -1.95. The number of halogens is 4. The molecule has 0 unspecified atom stereocenters. The zero-order chi connectivity index (χ0) is 14.7. The number of allylic oxidation sites excluding steroid dienone is 1. The quantitative estimate of drug-likeness (QED) is 0.478. The first-order valence-corrected chi connectivity index (χ1v) is 7.11. The van der Waals surface area contributed by atoms with E-state index in [0.29, 0.717) is 25.7 Å². The van der Waals surface area contributed by atoms with Gasteiger partial charge in [-0.15, -0.1) is 0 Å². The maximum absolute atomic E-state index is 12.0. The Morgan fingerprint density at radius 1 is 0.850 bits per heavy atom. The van der Waals surface area contributed by atoms with Crippen molar-refractivity contribution in [1.82, 2.24) is 0 Å². The second-order valence-corrected chi connectivity index (χ2v) is 5.65. The van der Waals surface area contributed by atoms with Crippen LogP contribution in [-0.2, 0) is 0 Å². The Balaban J connectivity index is 2.22. The second-order valence-electron chi connectivity index (χ2n) is 4.00. The molecule has 0 saturated heterocycles. The largest absolute Gasteiger partial charge is 0.289 e. The highest BCUT2D eigenvalue weighted by atomic mass is 35.5. The maximum Gasteiger partial charge on any atom is 0.187 e. The predicted octanol–water partition coefficient (Wildman–Crippen LogP) is 6.20. The smallest absolute Gasteiger partial charge is 0.187 e. The number of hydrogen-bond donors (Lipinski definition) is 0. The van der Waals surface area contributed by atoms with Gasteiger partial charge in [0, 0.05) is 10.6 Å². The molecule has 2 aromatic rings. The van der Waals surface area contributed by atoms with E-state index >= 15 is 0 Å². The van der Waals surface area contributed by atoms with Gasteiger partial charge in [-0.05, 0) is 42.0 Å². The van der Waals surface area contributed by atoms with Crippen LogP contribution in [0.3, 0.4) is 0 Å².